The number of pyridine rings is 2. The molecule has 4 atom stereocenters. The average Bonchev–Trinajstić information content (AvgIpc) is 2.71. The fourth-order valence-electron chi connectivity index (χ4n) is 3.33. The highest BCUT2D eigenvalue weighted by Crippen LogP contribution is 2.35. The van der Waals surface area contributed by atoms with Crippen molar-refractivity contribution in [3.05, 3.63) is 42.1 Å². The van der Waals surface area contributed by atoms with Crippen molar-refractivity contribution in [3.8, 4) is 17.0 Å². The van der Waals surface area contributed by atoms with Crippen LogP contribution in [0.5, 0.6) is 5.75 Å². The number of esters is 3. The molecule has 0 spiro atoms. The molecule has 1 saturated heterocycles. The van der Waals surface area contributed by atoms with Crippen LogP contribution in [0.2, 0.25) is 0 Å². The van der Waals surface area contributed by atoms with Crippen molar-refractivity contribution in [2.75, 3.05) is 5.75 Å². The van der Waals surface area contributed by atoms with Gasteiger partial charge >= 0.3 is 17.9 Å². The Bertz CT molecular complexity index is 1050. The van der Waals surface area contributed by atoms with Crippen LogP contribution in [0.15, 0.2) is 30.6 Å². The lowest BCUT2D eigenvalue weighted by atomic mass is 10.1. The van der Waals surface area contributed by atoms with E-state index in [4.69, 9.17) is 18.9 Å². The first kappa shape index (κ1) is 24.4. The van der Waals surface area contributed by atoms with Gasteiger partial charge in [-0.25, -0.2) is 9.37 Å². The smallest absolute Gasteiger partial charge is 0.303 e. The molecule has 33 heavy (non-hydrogen) atoms. The zero-order valence-corrected chi connectivity index (χ0v) is 19.3. The van der Waals surface area contributed by atoms with E-state index < -0.39 is 47.5 Å². The third-order valence-electron chi connectivity index (χ3n) is 4.54. The summed E-state index contributed by atoms with van der Waals surface area (Å²) in [5, 5.41) is 0. The summed E-state index contributed by atoms with van der Waals surface area (Å²) in [4.78, 5) is 43.1. The minimum atomic E-state index is -1.11. The first-order valence-electron chi connectivity index (χ1n) is 10.0. The highest BCUT2D eigenvalue weighted by atomic mass is 32.2. The normalized spacial score (nSPS) is 22.2. The van der Waals surface area contributed by atoms with E-state index in [9.17, 15) is 18.8 Å². The number of hydrogen-bond acceptors (Lipinski definition) is 10. The largest absolute Gasteiger partial charge is 0.474 e. The number of halogens is 1. The first-order valence-corrected chi connectivity index (χ1v) is 11.1. The molecule has 0 amide bonds. The van der Waals surface area contributed by atoms with Gasteiger partial charge in [-0.05, 0) is 19.1 Å². The molecule has 0 saturated carbocycles. The molecule has 0 unspecified atom stereocenters. The number of carbonyl (C=O) groups excluding carboxylic acids is 3. The summed E-state index contributed by atoms with van der Waals surface area (Å²) in [6, 6.07) is 4.52. The lowest BCUT2D eigenvalue weighted by molar-refractivity contribution is -0.186. The second-order valence-corrected chi connectivity index (χ2v) is 8.43. The van der Waals surface area contributed by atoms with Crippen LogP contribution in [-0.2, 0) is 28.6 Å². The molecule has 1 fully saturated rings. The van der Waals surface area contributed by atoms with Crippen molar-refractivity contribution < 1.29 is 37.7 Å². The van der Waals surface area contributed by atoms with Gasteiger partial charge in [-0.2, -0.15) is 0 Å². The molecule has 2 aromatic heterocycles. The average molecular weight is 478 g/mol. The van der Waals surface area contributed by atoms with Crippen LogP contribution in [0.4, 0.5) is 4.39 Å². The molecule has 9 nitrogen and oxygen atoms in total. The Morgan fingerprint density at radius 2 is 1.67 bits per heavy atom. The van der Waals surface area contributed by atoms with E-state index in [1.165, 1.54) is 44.8 Å². The molecule has 11 heteroatoms. The number of rotatable bonds is 6. The van der Waals surface area contributed by atoms with Crippen LogP contribution in [0.1, 0.15) is 26.5 Å². The molecule has 3 rings (SSSR count). The summed E-state index contributed by atoms with van der Waals surface area (Å²) in [5.41, 5.74) is 0.542. The number of aryl methyl sites for hydroxylation is 1. The first-order chi connectivity index (χ1) is 15.6. The Hall–Kier alpha value is -3.21. The fourth-order valence-corrected chi connectivity index (χ4v) is 4.55. The monoisotopic (exact) mass is 478 g/mol. The fraction of sp³-hybridized carbons (Fsp3) is 0.409. The molecular formula is C22H23FN2O7S. The van der Waals surface area contributed by atoms with Gasteiger partial charge in [-0.15, -0.1) is 11.8 Å². The van der Waals surface area contributed by atoms with Crippen molar-refractivity contribution >= 4 is 29.7 Å². The molecule has 0 aromatic carbocycles. The van der Waals surface area contributed by atoms with E-state index in [0.29, 0.717) is 5.56 Å². The molecule has 1 aliphatic rings. The minimum absolute atomic E-state index is 0.0872. The molecule has 3 heterocycles. The van der Waals surface area contributed by atoms with E-state index in [1.807, 2.05) is 0 Å². The Labute approximate surface area is 194 Å². The zero-order chi connectivity index (χ0) is 24.1. The van der Waals surface area contributed by atoms with Crippen molar-refractivity contribution in [2.24, 2.45) is 0 Å². The molecule has 0 aliphatic carbocycles. The van der Waals surface area contributed by atoms with E-state index >= 15 is 0 Å². The number of carbonyl (C=O) groups is 3. The third-order valence-corrected chi connectivity index (χ3v) is 5.76. The maximum Gasteiger partial charge on any atom is 0.303 e. The Kier molecular flexibility index (Phi) is 7.85. The van der Waals surface area contributed by atoms with E-state index in [1.54, 1.807) is 25.3 Å². The van der Waals surface area contributed by atoms with Crippen LogP contribution < -0.4 is 4.74 Å². The maximum atomic E-state index is 14.8. The van der Waals surface area contributed by atoms with Crippen LogP contribution in [0, 0.1) is 12.7 Å². The summed E-state index contributed by atoms with van der Waals surface area (Å²) in [6.07, 6.45) is -0.155. The van der Waals surface area contributed by atoms with Crippen molar-refractivity contribution in [1.82, 2.24) is 9.97 Å². The summed E-state index contributed by atoms with van der Waals surface area (Å²) < 4.78 is 36.6. The van der Waals surface area contributed by atoms with E-state index in [0.717, 1.165) is 5.69 Å². The number of hydrogen-bond donors (Lipinski definition) is 0. The second-order valence-electron chi connectivity index (χ2n) is 7.30. The molecule has 2 aromatic rings. The molecule has 1 aliphatic heterocycles. The van der Waals surface area contributed by atoms with E-state index in [2.05, 4.69) is 9.97 Å². The standard InChI is InChI=1S/C22H23FN2O7S/c1-11-7-15(5-6-24-11)19-17(23)8-16(9-25-19)32-22-21(31-14(4)28)20(30-13(3)27)18(10-33-22)29-12(2)26/h5-9,18,20-22H,10H2,1-4H3/t18-,20+,21-,22-/m1/s1. The van der Waals surface area contributed by atoms with Gasteiger partial charge in [0.05, 0.1) is 6.20 Å². The summed E-state index contributed by atoms with van der Waals surface area (Å²) >= 11 is 1.17. The van der Waals surface area contributed by atoms with Crippen LogP contribution in [0.3, 0.4) is 0 Å². The lowest BCUT2D eigenvalue weighted by Gasteiger charge is -2.39. The Balaban J connectivity index is 1.86. The quantitative estimate of drug-likeness (QED) is 0.453. The van der Waals surface area contributed by atoms with Crippen LogP contribution in [-0.4, -0.2) is 57.4 Å². The lowest BCUT2D eigenvalue weighted by Crippen LogP contribution is -2.55. The highest BCUT2D eigenvalue weighted by Gasteiger charge is 2.47. The second kappa shape index (κ2) is 10.6. The number of aromatic nitrogens is 2. The Morgan fingerprint density at radius 1 is 1.00 bits per heavy atom. The van der Waals surface area contributed by atoms with Gasteiger partial charge in [0.25, 0.3) is 0 Å². The van der Waals surface area contributed by atoms with Gasteiger partial charge in [0.1, 0.15) is 11.4 Å². The number of thioether (sulfide) groups is 1. The Morgan fingerprint density at radius 3 is 2.27 bits per heavy atom. The van der Waals surface area contributed by atoms with E-state index in [-0.39, 0.29) is 17.2 Å². The van der Waals surface area contributed by atoms with Crippen LogP contribution in [0.25, 0.3) is 11.3 Å². The van der Waals surface area contributed by atoms with Crippen molar-refractivity contribution in [1.29, 1.82) is 0 Å². The third kappa shape index (κ3) is 6.41. The molecule has 0 bridgehead atoms. The summed E-state index contributed by atoms with van der Waals surface area (Å²) in [6.45, 7) is 5.39. The SMILES string of the molecule is CC(=O)O[C@@H]1[C@@H](OC(C)=O)[C@H](OC(C)=O)CS[C@H]1Oc1cnc(-c2ccnc(C)c2)c(F)c1. The van der Waals surface area contributed by atoms with Gasteiger partial charge in [-0.1, -0.05) is 0 Å². The molecular weight excluding hydrogens is 455 g/mol. The van der Waals surface area contributed by atoms with Gasteiger partial charge in [0, 0.05) is 50.0 Å². The maximum absolute atomic E-state index is 14.8. The predicted octanol–water partition coefficient (Wildman–Crippen LogP) is 2.84. The summed E-state index contributed by atoms with van der Waals surface area (Å²) in [7, 11) is 0. The molecule has 176 valence electrons. The van der Waals surface area contributed by atoms with Gasteiger partial charge < -0.3 is 18.9 Å². The zero-order valence-electron chi connectivity index (χ0n) is 18.4. The molecule has 0 N–H and O–H groups in total. The number of nitrogens with zero attached hydrogens (tertiary/aromatic N) is 2. The topological polar surface area (TPSA) is 114 Å². The van der Waals surface area contributed by atoms with Crippen molar-refractivity contribution in [2.45, 2.75) is 51.4 Å². The van der Waals surface area contributed by atoms with Gasteiger partial charge in [0.15, 0.2) is 29.6 Å². The van der Waals surface area contributed by atoms with Gasteiger partial charge in [-0.3, -0.25) is 19.4 Å². The van der Waals surface area contributed by atoms with Gasteiger partial charge in [0.2, 0.25) is 0 Å². The summed E-state index contributed by atoms with van der Waals surface area (Å²) in [5.74, 6) is -2.20. The predicted molar refractivity (Wildman–Crippen MR) is 116 cm³/mol. The molecule has 0 radical (unpaired) electrons. The van der Waals surface area contributed by atoms with Crippen molar-refractivity contribution in [3.63, 3.8) is 0 Å². The minimum Gasteiger partial charge on any atom is -0.474 e. The highest BCUT2D eigenvalue weighted by molar-refractivity contribution is 7.99. The number of ether oxygens (including phenoxy) is 4. The van der Waals surface area contributed by atoms with Crippen LogP contribution >= 0.6 is 11.8 Å².